The van der Waals surface area contributed by atoms with E-state index in [9.17, 15) is 9.59 Å². The molecule has 0 amide bonds. The lowest BCUT2D eigenvalue weighted by molar-refractivity contribution is -0.138. The summed E-state index contributed by atoms with van der Waals surface area (Å²) in [6, 6.07) is 0. The molecule has 0 atom stereocenters. The van der Waals surface area contributed by atoms with Crippen molar-refractivity contribution in [3.8, 4) is 0 Å². The summed E-state index contributed by atoms with van der Waals surface area (Å²) in [6.07, 6.45) is 6.73. The highest BCUT2D eigenvalue weighted by molar-refractivity contribution is 5.66. The Kier molecular flexibility index (Phi) is 26.7. The molecule has 9 heteroatoms. The Morgan fingerprint density at radius 2 is 1.03 bits per heavy atom. The van der Waals surface area contributed by atoms with Crippen molar-refractivity contribution in [2.75, 3.05) is 33.0 Å². The Labute approximate surface area is 180 Å². The Morgan fingerprint density at radius 1 is 0.700 bits per heavy atom. The standard InChI is InChI=1S/C9H16O4.C6H14O3.C6H14O2/c10-8(11)6-4-2-1-3-5-7-9(12)13;1-2-6(3-7,4-8)5-9;1-6(2-4-7)3-5-8/h1-7H2,(H,10,11)(H,12,13);7-9H,2-5H2,1H3;6-8H,2-5H2,1H3. The summed E-state index contributed by atoms with van der Waals surface area (Å²) < 4.78 is 0. The second kappa shape index (κ2) is 24.0. The first-order chi connectivity index (χ1) is 14.2. The normalized spacial score (nSPS) is 10.7. The zero-order chi connectivity index (χ0) is 23.8. The van der Waals surface area contributed by atoms with Crippen LogP contribution in [-0.2, 0) is 9.59 Å². The van der Waals surface area contributed by atoms with Crippen molar-refractivity contribution in [3.05, 3.63) is 0 Å². The quantitative estimate of drug-likeness (QED) is 0.176. The second-order valence-electron chi connectivity index (χ2n) is 7.51. The van der Waals surface area contributed by atoms with Crippen molar-refractivity contribution in [3.63, 3.8) is 0 Å². The minimum Gasteiger partial charge on any atom is -0.481 e. The molecule has 0 bridgehead atoms. The van der Waals surface area contributed by atoms with E-state index in [1.807, 2.05) is 13.8 Å². The molecule has 0 saturated carbocycles. The van der Waals surface area contributed by atoms with Crippen molar-refractivity contribution < 1.29 is 45.3 Å². The van der Waals surface area contributed by atoms with Gasteiger partial charge in [0.15, 0.2) is 0 Å². The van der Waals surface area contributed by atoms with Gasteiger partial charge in [0, 0.05) is 31.5 Å². The van der Waals surface area contributed by atoms with Crippen LogP contribution in [0.5, 0.6) is 0 Å². The second-order valence-corrected chi connectivity index (χ2v) is 7.51. The molecule has 0 heterocycles. The van der Waals surface area contributed by atoms with Crippen molar-refractivity contribution in [1.82, 2.24) is 0 Å². The Balaban J connectivity index is -0.000000379. The molecule has 0 aliphatic heterocycles. The van der Waals surface area contributed by atoms with E-state index in [0.717, 1.165) is 32.1 Å². The van der Waals surface area contributed by atoms with Gasteiger partial charge in [-0.2, -0.15) is 0 Å². The minimum absolute atomic E-state index is 0.156. The number of carbonyl (C=O) groups is 2. The molecule has 0 rings (SSSR count). The number of aliphatic hydroxyl groups excluding tert-OH is 5. The van der Waals surface area contributed by atoms with Crippen LogP contribution in [0.4, 0.5) is 0 Å². The third-order valence-corrected chi connectivity index (χ3v) is 4.78. The smallest absolute Gasteiger partial charge is 0.303 e. The Bertz CT molecular complexity index is 343. The van der Waals surface area contributed by atoms with E-state index in [-0.39, 0.29) is 45.9 Å². The van der Waals surface area contributed by atoms with E-state index >= 15 is 0 Å². The van der Waals surface area contributed by atoms with Gasteiger partial charge in [0.1, 0.15) is 0 Å². The van der Waals surface area contributed by atoms with Crippen LogP contribution in [0.25, 0.3) is 0 Å². The molecule has 0 spiro atoms. The molecule has 0 aliphatic carbocycles. The molecule has 0 radical (unpaired) electrons. The average molecular weight is 441 g/mol. The first kappa shape index (κ1) is 33.4. The molecule has 0 aromatic rings. The molecule has 0 fully saturated rings. The topological polar surface area (TPSA) is 176 Å². The van der Waals surface area contributed by atoms with Crippen LogP contribution in [0.2, 0.25) is 0 Å². The van der Waals surface area contributed by atoms with Crippen LogP contribution in [-0.4, -0.2) is 80.7 Å². The molecule has 0 unspecified atom stereocenters. The zero-order valence-electron chi connectivity index (χ0n) is 18.6. The molecular formula is C21H44O9. The molecule has 0 aromatic heterocycles. The van der Waals surface area contributed by atoms with Crippen molar-refractivity contribution >= 4 is 11.9 Å². The van der Waals surface area contributed by atoms with Crippen LogP contribution >= 0.6 is 0 Å². The van der Waals surface area contributed by atoms with E-state index in [4.69, 9.17) is 35.7 Å². The number of aliphatic hydroxyl groups is 5. The average Bonchev–Trinajstić information content (AvgIpc) is 2.70. The Hall–Kier alpha value is -1.26. The van der Waals surface area contributed by atoms with Gasteiger partial charge in [-0.15, -0.1) is 0 Å². The number of unbranched alkanes of at least 4 members (excludes halogenated alkanes) is 4. The number of aliphatic carboxylic acids is 2. The van der Waals surface area contributed by atoms with Gasteiger partial charge in [0.25, 0.3) is 0 Å². The van der Waals surface area contributed by atoms with Gasteiger partial charge >= 0.3 is 11.9 Å². The molecule has 0 aliphatic rings. The van der Waals surface area contributed by atoms with Gasteiger partial charge in [-0.3, -0.25) is 9.59 Å². The summed E-state index contributed by atoms with van der Waals surface area (Å²) >= 11 is 0. The summed E-state index contributed by atoms with van der Waals surface area (Å²) in [7, 11) is 0. The molecule has 7 N–H and O–H groups in total. The first-order valence-corrected chi connectivity index (χ1v) is 10.7. The maximum absolute atomic E-state index is 10.1. The summed E-state index contributed by atoms with van der Waals surface area (Å²) in [5, 5.41) is 59.4. The molecule has 0 saturated heterocycles. The van der Waals surface area contributed by atoms with Crippen molar-refractivity contribution in [1.29, 1.82) is 0 Å². The molecule has 9 nitrogen and oxygen atoms in total. The largest absolute Gasteiger partial charge is 0.481 e. The fourth-order valence-electron chi connectivity index (χ4n) is 2.15. The number of rotatable bonds is 16. The van der Waals surface area contributed by atoms with Crippen molar-refractivity contribution in [2.24, 2.45) is 11.3 Å². The number of carboxylic acid groups (broad SMARTS) is 2. The maximum Gasteiger partial charge on any atom is 0.303 e. The van der Waals surface area contributed by atoms with Crippen LogP contribution in [0.15, 0.2) is 0 Å². The highest BCUT2D eigenvalue weighted by atomic mass is 16.4. The fraction of sp³-hybridized carbons (Fsp3) is 0.905. The van der Waals surface area contributed by atoms with Gasteiger partial charge < -0.3 is 35.7 Å². The Morgan fingerprint density at radius 3 is 1.23 bits per heavy atom. The number of carboxylic acids is 2. The maximum atomic E-state index is 10.1. The van der Waals surface area contributed by atoms with E-state index in [2.05, 4.69) is 0 Å². The monoisotopic (exact) mass is 440 g/mol. The zero-order valence-corrected chi connectivity index (χ0v) is 18.6. The first-order valence-electron chi connectivity index (χ1n) is 10.7. The lowest BCUT2D eigenvalue weighted by Crippen LogP contribution is -2.32. The third kappa shape index (κ3) is 24.8. The van der Waals surface area contributed by atoms with Crippen LogP contribution in [0, 0.1) is 11.3 Å². The lowest BCUT2D eigenvalue weighted by atomic mass is 9.88. The number of hydrogen-bond donors (Lipinski definition) is 7. The SMILES string of the molecule is CC(CCO)CCO.CCC(CO)(CO)CO.O=C(O)CCCCCCCC(=O)O. The van der Waals surface area contributed by atoms with Crippen LogP contribution < -0.4 is 0 Å². The van der Waals surface area contributed by atoms with E-state index < -0.39 is 17.4 Å². The van der Waals surface area contributed by atoms with Gasteiger partial charge in [-0.05, 0) is 38.0 Å². The van der Waals surface area contributed by atoms with Gasteiger partial charge in [0.05, 0.1) is 19.8 Å². The van der Waals surface area contributed by atoms with Crippen LogP contribution in [0.3, 0.4) is 0 Å². The summed E-state index contributed by atoms with van der Waals surface area (Å²) in [6.45, 7) is 3.85. The summed E-state index contributed by atoms with van der Waals surface area (Å²) in [4.78, 5) is 20.2. The lowest BCUT2D eigenvalue weighted by Gasteiger charge is -2.24. The van der Waals surface area contributed by atoms with Crippen LogP contribution in [0.1, 0.15) is 78.1 Å². The van der Waals surface area contributed by atoms with Gasteiger partial charge in [-0.1, -0.05) is 33.1 Å². The minimum atomic E-state index is -0.759. The predicted molar refractivity (Wildman–Crippen MR) is 114 cm³/mol. The summed E-state index contributed by atoms with van der Waals surface area (Å²) in [5.41, 5.74) is -0.667. The molecule has 0 aromatic carbocycles. The van der Waals surface area contributed by atoms with Crippen molar-refractivity contribution in [2.45, 2.75) is 78.1 Å². The predicted octanol–water partition coefficient (Wildman–Crippen LogP) is 1.63. The highest BCUT2D eigenvalue weighted by Crippen LogP contribution is 2.18. The highest BCUT2D eigenvalue weighted by Gasteiger charge is 2.24. The van der Waals surface area contributed by atoms with E-state index in [0.29, 0.717) is 25.2 Å². The molecule has 30 heavy (non-hydrogen) atoms. The van der Waals surface area contributed by atoms with Gasteiger partial charge in [-0.25, -0.2) is 0 Å². The van der Waals surface area contributed by atoms with E-state index in [1.165, 1.54) is 0 Å². The molecular weight excluding hydrogens is 396 g/mol. The van der Waals surface area contributed by atoms with E-state index in [1.54, 1.807) is 0 Å². The molecule has 182 valence electrons. The third-order valence-electron chi connectivity index (χ3n) is 4.78. The van der Waals surface area contributed by atoms with Gasteiger partial charge in [0.2, 0.25) is 0 Å². The number of hydrogen-bond acceptors (Lipinski definition) is 7. The fourth-order valence-corrected chi connectivity index (χ4v) is 2.15. The summed E-state index contributed by atoms with van der Waals surface area (Å²) in [5.74, 6) is -1.05.